The van der Waals surface area contributed by atoms with Crippen LogP contribution in [0.1, 0.15) is 35.5 Å². The number of benzene rings is 1. The lowest BCUT2D eigenvalue weighted by molar-refractivity contribution is 0.0945. The van der Waals surface area contributed by atoms with Gasteiger partial charge in [0.15, 0.2) is 17.3 Å². The summed E-state index contributed by atoms with van der Waals surface area (Å²) in [7, 11) is 0. The molecule has 4 aromatic heterocycles. The van der Waals surface area contributed by atoms with E-state index in [2.05, 4.69) is 37.6 Å². The number of fused-ring (bicyclic) bond motifs is 2. The Kier molecular flexibility index (Phi) is 4.83. The number of aromatic nitrogens is 6. The Balaban J connectivity index is 1.32. The van der Waals surface area contributed by atoms with Crippen molar-refractivity contribution in [3.63, 3.8) is 0 Å². The summed E-state index contributed by atoms with van der Waals surface area (Å²) in [5.41, 5.74) is 2.53. The Morgan fingerprint density at radius 1 is 1.10 bits per heavy atom. The highest BCUT2D eigenvalue weighted by molar-refractivity contribution is 5.94. The number of carbonyl (C=O) groups excluding carboxylic acids is 1. The molecule has 1 N–H and O–H groups in total. The molecule has 0 atom stereocenters. The molecule has 9 heteroatoms. The third-order valence-electron chi connectivity index (χ3n) is 4.91. The summed E-state index contributed by atoms with van der Waals surface area (Å²) in [5.74, 6) is 1.47. The van der Waals surface area contributed by atoms with Crippen molar-refractivity contribution in [2.24, 2.45) is 0 Å². The lowest BCUT2D eigenvalue weighted by Crippen LogP contribution is -2.24. The van der Waals surface area contributed by atoms with Gasteiger partial charge in [-0.15, -0.1) is 10.2 Å². The Bertz CT molecular complexity index is 1390. The minimum Gasteiger partial charge on any atom is -0.343 e. The van der Waals surface area contributed by atoms with Gasteiger partial charge in [0.05, 0.1) is 12.1 Å². The number of para-hydroxylation sites is 1. The van der Waals surface area contributed by atoms with Crippen molar-refractivity contribution in [1.82, 2.24) is 35.0 Å². The van der Waals surface area contributed by atoms with Crippen LogP contribution in [0.2, 0.25) is 0 Å². The predicted octanol–water partition coefficient (Wildman–Crippen LogP) is 3.21. The first kappa shape index (κ1) is 18.9. The smallest absolute Gasteiger partial charge is 0.270 e. The van der Waals surface area contributed by atoms with E-state index in [9.17, 15) is 4.79 Å². The van der Waals surface area contributed by atoms with Gasteiger partial charge in [-0.3, -0.25) is 9.20 Å². The first-order valence-corrected chi connectivity index (χ1v) is 10.0. The van der Waals surface area contributed by atoms with E-state index in [-0.39, 0.29) is 12.5 Å². The number of pyridine rings is 2. The molecule has 0 saturated heterocycles. The lowest BCUT2D eigenvalue weighted by Gasteiger charge is -2.05. The van der Waals surface area contributed by atoms with Crippen LogP contribution in [-0.2, 0) is 13.0 Å². The number of amides is 1. The largest absolute Gasteiger partial charge is 0.343 e. The summed E-state index contributed by atoms with van der Waals surface area (Å²) >= 11 is 0. The van der Waals surface area contributed by atoms with Crippen molar-refractivity contribution in [2.45, 2.75) is 26.3 Å². The van der Waals surface area contributed by atoms with Gasteiger partial charge in [-0.2, -0.15) is 4.98 Å². The molecule has 31 heavy (non-hydrogen) atoms. The van der Waals surface area contributed by atoms with Crippen molar-refractivity contribution < 1.29 is 9.32 Å². The molecule has 0 aliphatic carbocycles. The van der Waals surface area contributed by atoms with Gasteiger partial charge in [0.1, 0.15) is 5.69 Å². The Morgan fingerprint density at radius 3 is 2.90 bits per heavy atom. The molecular formula is C22H19N7O2. The Labute approximate surface area is 177 Å². The fourth-order valence-corrected chi connectivity index (χ4v) is 3.33. The summed E-state index contributed by atoms with van der Waals surface area (Å²) in [5, 5.41) is 16.2. The normalized spacial score (nSPS) is 11.3. The van der Waals surface area contributed by atoms with Crippen molar-refractivity contribution >= 4 is 22.5 Å². The number of nitrogens with zero attached hydrogens (tertiary/aromatic N) is 6. The zero-order valence-corrected chi connectivity index (χ0v) is 16.8. The Morgan fingerprint density at radius 2 is 2.00 bits per heavy atom. The van der Waals surface area contributed by atoms with Crippen molar-refractivity contribution in [3.05, 3.63) is 72.1 Å². The summed E-state index contributed by atoms with van der Waals surface area (Å²) in [4.78, 5) is 21.4. The van der Waals surface area contributed by atoms with Gasteiger partial charge in [0, 0.05) is 23.6 Å². The topological polar surface area (TPSA) is 111 Å². The minimum atomic E-state index is -0.270. The number of nitrogens with one attached hydrogen (secondary N) is 1. The second kappa shape index (κ2) is 7.94. The molecule has 154 valence electrons. The van der Waals surface area contributed by atoms with Gasteiger partial charge < -0.3 is 9.84 Å². The van der Waals surface area contributed by atoms with Crippen LogP contribution in [0.4, 0.5) is 0 Å². The predicted molar refractivity (Wildman–Crippen MR) is 113 cm³/mol. The third kappa shape index (κ3) is 3.73. The van der Waals surface area contributed by atoms with E-state index in [1.165, 1.54) is 0 Å². The van der Waals surface area contributed by atoms with E-state index in [4.69, 9.17) is 4.52 Å². The number of hydrogen-bond donors (Lipinski definition) is 1. The van der Waals surface area contributed by atoms with Crippen LogP contribution in [0, 0.1) is 0 Å². The first-order chi connectivity index (χ1) is 15.2. The number of rotatable bonds is 6. The highest BCUT2D eigenvalue weighted by Gasteiger charge is 2.13. The Hall–Kier alpha value is -4.14. The molecule has 4 heterocycles. The fraction of sp³-hybridized carbons (Fsp3) is 0.182. The zero-order chi connectivity index (χ0) is 21.2. The van der Waals surface area contributed by atoms with Crippen LogP contribution >= 0.6 is 0 Å². The van der Waals surface area contributed by atoms with Gasteiger partial charge in [-0.1, -0.05) is 36.3 Å². The van der Waals surface area contributed by atoms with Gasteiger partial charge >= 0.3 is 0 Å². The maximum atomic E-state index is 12.6. The third-order valence-corrected chi connectivity index (χ3v) is 4.91. The highest BCUT2D eigenvalue weighted by atomic mass is 16.5. The molecule has 0 bridgehead atoms. The molecule has 0 spiro atoms. The molecule has 0 radical (unpaired) electrons. The van der Waals surface area contributed by atoms with Crippen LogP contribution in [0.5, 0.6) is 0 Å². The molecular weight excluding hydrogens is 394 g/mol. The quantitative estimate of drug-likeness (QED) is 0.455. The van der Waals surface area contributed by atoms with Gasteiger partial charge in [-0.05, 0) is 30.7 Å². The monoisotopic (exact) mass is 413 g/mol. The first-order valence-electron chi connectivity index (χ1n) is 10.0. The molecule has 5 rings (SSSR count). The van der Waals surface area contributed by atoms with E-state index < -0.39 is 0 Å². The van der Waals surface area contributed by atoms with Crippen molar-refractivity contribution in [1.29, 1.82) is 0 Å². The van der Waals surface area contributed by atoms with E-state index >= 15 is 0 Å². The van der Waals surface area contributed by atoms with E-state index in [0.717, 1.165) is 29.3 Å². The fourth-order valence-electron chi connectivity index (χ4n) is 3.33. The van der Waals surface area contributed by atoms with Crippen molar-refractivity contribution in [3.8, 4) is 11.5 Å². The van der Waals surface area contributed by atoms with E-state index in [0.29, 0.717) is 28.9 Å². The molecule has 5 aromatic rings. The SMILES string of the molecule is CCCc1noc(-c2ccn3c(CNC(=O)c4ccc5ccccc5n4)nnc3c2)n1. The molecule has 0 fully saturated rings. The van der Waals surface area contributed by atoms with Crippen LogP contribution in [-0.4, -0.2) is 35.6 Å². The molecule has 9 nitrogen and oxygen atoms in total. The average molecular weight is 413 g/mol. The summed E-state index contributed by atoms with van der Waals surface area (Å²) in [6.45, 7) is 2.28. The van der Waals surface area contributed by atoms with Crippen LogP contribution in [0.15, 0.2) is 59.3 Å². The number of hydrogen-bond acceptors (Lipinski definition) is 7. The lowest BCUT2D eigenvalue weighted by atomic mass is 10.2. The standard InChI is InChI=1S/C22H19N7O2/c1-2-5-18-25-22(31-28-18)15-10-11-29-19(12-15)26-27-20(29)13-23-21(30)17-9-8-14-6-3-4-7-16(14)24-17/h3-4,6-12H,2,5,13H2,1H3,(H,23,30). The molecule has 0 saturated carbocycles. The summed E-state index contributed by atoms with van der Waals surface area (Å²) < 4.78 is 7.14. The van der Waals surface area contributed by atoms with Crippen LogP contribution in [0.3, 0.4) is 0 Å². The maximum absolute atomic E-state index is 12.6. The van der Waals surface area contributed by atoms with E-state index in [1.807, 2.05) is 48.7 Å². The van der Waals surface area contributed by atoms with E-state index in [1.54, 1.807) is 10.5 Å². The van der Waals surface area contributed by atoms with Crippen molar-refractivity contribution in [2.75, 3.05) is 0 Å². The minimum absolute atomic E-state index is 0.217. The van der Waals surface area contributed by atoms with Gasteiger partial charge in [0.2, 0.25) is 0 Å². The van der Waals surface area contributed by atoms with Gasteiger partial charge in [0.25, 0.3) is 11.8 Å². The summed E-state index contributed by atoms with van der Waals surface area (Å²) in [6, 6.07) is 14.9. The molecule has 0 unspecified atom stereocenters. The van der Waals surface area contributed by atoms with Gasteiger partial charge in [-0.25, -0.2) is 4.98 Å². The zero-order valence-electron chi connectivity index (χ0n) is 16.8. The molecule has 1 amide bonds. The average Bonchev–Trinajstić information content (AvgIpc) is 3.44. The van der Waals surface area contributed by atoms with Crippen LogP contribution in [0.25, 0.3) is 28.0 Å². The number of aryl methyl sites for hydroxylation is 1. The molecule has 0 aliphatic heterocycles. The molecule has 0 aliphatic rings. The maximum Gasteiger partial charge on any atom is 0.270 e. The second-order valence-corrected chi connectivity index (χ2v) is 7.10. The second-order valence-electron chi connectivity index (χ2n) is 7.10. The molecule has 1 aromatic carbocycles. The summed E-state index contributed by atoms with van der Waals surface area (Å²) in [6.07, 6.45) is 3.54. The van der Waals surface area contributed by atoms with Crippen LogP contribution < -0.4 is 5.32 Å². The highest BCUT2D eigenvalue weighted by Crippen LogP contribution is 2.19. The number of carbonyl (C=O) groups is 1.